The Bertz CT molecular complexity index is 749. The highest BCUT2D eigenvalue weighted by Gasteiger charge is 2.47. The molecule has 0 spiro atoms. The van der Waals surface area contributed by atoms with E-state index in [0.717, 1.165) is 19.1 Å². The van der Waals surface area contributed by atoms with Crippen molar-refractivity contribution in [1.29, 1.82) is 0 Å². The SMILES string of the molecule is CS(=O)(=O)N[C@@H]1CCCC[C@@H]1NC(=O)[C@H]1C[C@@H]1c1c(F)cccc1F. The summed E-state index contributed by atoms with van der Waals surface area (Å²) in [5.74, 6) is -2.44. The Kier molecular flexibility index (Phi) is 5.11. The molecule has 0 aromatic heterocycles. The molecule has 2 fully saturated rings. The van der Waals surface area contributed by atoms with Gasteiger partial charge in [0, 0.05) is 29.5 Å². The van der Waals surface area contributed by atoms with Crippen LogP contribution in [0.2, 0.25) is 0 Å². The summed E-state index contributed by atoms with van der Waals surface area (Å²) in [6, 6.07) is 3.06. The first-order valence-corrected chi connectivity index (χ1v) is 10.4. The number of sulfonamides is 1. The maximum Gasteiger partial charge on any atom is 0.224 e. The number of nitrogens with one attached hydrogen (secondary N) is 2. The number of carbonyl (C=O) groups excluding carboxylic acids is 1. The van der Waals surface area contributed by atoms with Crippen molar-refractivity contribution in [3.63, 3.8) is 0 Å². The van der Waals surface area contributed by atoms with Gasteiger partial charge in [0.15, 0.2) is 0 Å². The quantitative estimate of drug-likeness (QED) is 0.831. The van der Waals surface area contributed by atoms with E-state index in [4.69, 9.17) is 0 Å². The maximum atomic E-state index is 13.8. The summed E-state index contributed by atoms with van der Waals surface area (Å²) in [5.41, 5.74) is -0.0305. The van der Waals surface area contributed by atoms with Gasteiger partial charge in [0.25, 0.3) is 0 Å². The first-order chi connectivity index (χ1) is 11.8. The van der Waals surface area contributed by atoms with E-state index >= 15 is 0 Å². The zero-order valence-corrected chi connectivity index (χ0v) is 14.8. The van der Waals surface area contributed by atoms with Crippen LogP contribution in [-0.4, -0.2) is 32.7 Å². The third-order valence-corrected chi connectivity index (χ3v) is 5.69. The van der Waals surface area contributed by atoms with Gasteiger partial charge in [-0.1, -0.05) is 18.9 Å². The molecule has 5 nitrogen and oxygen atoms in total. The van der Waals surface area contributed by atoms with E-state index < -0.39 is 33.5 Å². The molecule has 2 saturated carbocycles. The van der Waals surface area contributed by atoms with Crippen molar-refractivity contribution in [3.05, 3.63) is 35.4 Å². The van der Waals surface area contributed by atoms with E-state index in [9.17, 15) is 22.0 Å². The highest BCUT2D eigenvalue weighted by atomic mass is 32.2. The van der Waals surface area contributed by atoms with Gasteiger partial charge in [0.1, 0.15) is 11.6 Å². The molecule has 0 radical (unpaired) electrons. The molecule has 0 aliphatic heterocycles. The van der Waals surface area contributed by atoms with Crippen molar-refractivity contribution in [2.45, 2.75) is 50.1 Å². The number of rotatable bonds is 5. The van der Waals surface area contributed by atoms with Crippen molar-refractivity contribution >= 4 is 15.9 Å². The molecule has 1 aromatic rings. The van der Waals surface area contributed by atoms with Crippen molar-refractivity contribution in [1.82, 2.24) is 10.0 Å². The van der Waals surface area contributed by atoms with Crippen LogP contribution in [0.3, 0.4) is 0 Å². The Balaban J connectivity index is 1.64. The molecule has 0 unspecified atom stereocenters. The summed E-state index contributed by atoms with van der Waals surface area (Å²) < 4.78 is 53.2. The van der Waals surface area contributed by atoms with Crippen LogP contribution in [0.5, 0.6) is 0 Å². The molecule has 138 valence electrons. The highest BCUT2D eigenvalue weighted by Crippen LogP contribution is 2.49. The van der Waals surface area contributed by atoms with E-state index in [1.165, 1.54) is 18.2 Å². The molecule has 2 aliphatic rings. The topological polar surface area (TPSA) is 75.3 Å². The molecule has 1 aromatic carbocycles. The van der Waals surface area contributed by atoms with E-state index in [0.29, 0.717) is 19.3 Å². The molecule has 0 heterocycles. The third kappa shape index (κ3) is 4.36. The molecule has 2 aliphatic carbocycles. The minimum Gasteiger partial charge on any atom is -0.352 e. The fourth-order valence-electron chi connectivity index (χ4n) is 3.68. The number of hydrogen-bond donors (Lipinski definition) is 2. The van der Waals surface area contributed by atoms with Gasteiger partial charge < -0.3 is 5.32 Å². The number of benzene rings is 1. The molecule has 3 rings (SSSR count). The standard InChI is InChI=1S/C17H22F2N2O3S/c1-25(23,24)21-15-8-3-2-7-14(15)20-17(22)11-9-10(11)16-12(18)5-4-6-13(16)19/h4-6,10-11,14-15,21H,2-3,7-9H2,1H3,(H,20,22)/t10-,11-,14-,15+/m0/s1. The lowest BCUT2D eigenvalue weighted by Gasteiger charge is -2.32. The number of amides is 1. The minimum absolute atomic E-state index is 0.0305. The molecule has 0 saturated heterocycles. The van der Waals surface area contributed by atoms with Crippen molar-refractivity contribution in [2.24, 2.45) is 5.92 Å². The average molecular weight is 372 g/mol. The fraction of sp³-hybridized carbons (Fsp3) is 0.588. The first-order valence-electron chi connectivity index (χ1n) is 8.48. The highest BCUT2D eigenvalue weighted by molar-refractivity contribution is 7.88. The van der Waals surface area contributed by atoms with Gasteiger partial charge in [-0.05, 0) is 31.4 Å². The maximum absolute atomic E-state index is 13.8. The van der Waals surface area contributed by atoms with Crippen LogP contribution in [0.15, 0.2) is 18.2 Å². The Morgan fingerprint density at radius 1 is 1.12 bits per heavy atom. The number of hydrogen-bond acceptors (Lipinski definition) is 3. The third-order valence-electron chi connectivity index (χ3n) is 4.96. The van der Waals surface area contributed by atoms with E-state index in [2.05, 4.69) is 10.0 Å². The van der Waals surface area contributed by atoms with E-state index in [-0.39, 0.29) is 23.6 Å². The van der Waals surface area contributed by atoms with Crippen LogP contribution < -0.4 is 10.0 Å². The molecule has 0 bridgehead atoms. The van der Waals surface area contributed by atoms with E-state index in [1.54, 1.807) is 0 Å². The predicted octanol–water partition coefficient (Wildman–Crippen LogP) is 2.04. The summed E-state index contributed by atoms with van der Waals surface area (Å²) in [6.07, 6.45) is 4.65. The molecule has 2 N–H and O–H groups in total. The lowest BCUT2D eigenvalue weighted by molar-refractivity contribution is -0.123. The van der Waals surface area contributed by atoms with Gasteiger partial charge in [-0.15, -0.1) is 0 Å². The second-order valence-corrected chi connectivity index (χ2v) is 8.76. The normalized spacial score (nSPS) is 29.2. The molecule has 25 heavy (non-hydrogen) atoms. The summed E-state index contributed by atoms with van der Waals surface area (Å²) in [6.45, 7) is 0. The van der Waals surface area contributed by atoms with Gasteiger partial charge in [-0.3, -0.25) is 4.79 Å². The lowest BCUT2D eigenvalue weighted by Crippen LogP contribution is -2.53. The second-order valence-electron chi connectivity index (χ2n) is 6.98. The summed E-state index contributed by atoms with van der Waals surface area (Å²) in [7, 11) is -3.36. The van der Waals surface area contributed by atoms with Crippen LogP contribution in [0.4, 0.5) is 8.78 Å². The average Bonchev–Trinajstić information content (AvgIpc) is 3.28. The van der Waals surface area contributed by atoms with Gasteiger partial charge >= 0.3 is 0 Å². The van der Waals surface area contributed by atoms with Gasteiger partial charge in [-0.2, -0.15) is 0 Å². The van der Waals surface area contributed by atoms with Gasteiger partial charge in [-0.25, -0.2) is 21.9 Å². The van der Waals surface area contributed by atoms with Crippen molar-refractivity contribution in [3.8, 4) is 0 Å². The summed E-state index contributed by atoms with van der Waals surface area (Å²) >= 11 is 0. The van der Waals surface area contributed by atoms with Crippen LogP contribution in [-0.2, 0) is 14.8 Å². The Hall–Kier alpha value is -1.54. The van der Waals surface area contributed by atoms with Crippen LogP contribution >= 0.6 is 0 Å². The Morgan fingerprint density at radius 2 is 1.72 bits per heavy atom. The smallest absolute Gasteiger partial charge is 0.224 e. The first kappa shape index (κ1) is 18.3. The zero-order chi connectivity index (χ0) is 18.2. The number of halogens is 2. The van der Waals surface area contributed by atoms with Gasteiger partial charge in [0.05, 0.1) is 6.26 Å². The molecule has 1 amide bonds. The summed E-state index contributed by atoms with van der Waals surface area (Å²) in [5, 5.41) is 2.88. The molecule has 8 heteroatoms. The number of carbonyl (C=O) groups is 1. The predicted molar refractivity (Wildman–Crippen MR) is 89.4 cm³/mol. The fourth-order valence-corrected chi connectivity index (χ4v) is 4.51. The minimum atomic E-state index is -3.36. The molecule has 4 atom stereocenters. The van der Waals surface area contributed by atoms with Gasteiger partial charge in [0.2, 0.25) is 15.9 Å². The molecular weight excluding hydrogens is 350 g/mol. The van der Waals surface area contributed by atoms with Crippen molar-refractivity contribution < 1.29 is 22.0 Å². The van der Waals surface area contributed by atoms with Crippen molar-refractivity contribution in [2.75, 3.05) is 6.26 Å². The van der Waals surface area contributed by atoms with Crippen LogP contribution in [0, 0.1) is 17.6 Å². The lowest BCUT2D eigenvalue weighted by atomic mass is 9.91. The van der Waals surface area contributed by atoms with E-state index in [1.807, 2.05) is 0 Å². The largest absolute Gasteiger partial charge is 0.352 e. The summed E-state index contributed by atoms with van der Waals surface area (Å²) in [4.78, 5) is 12.5. The second kappa shape index (κ2) is 6.99. The molecular formula is C17H22F2N2O3S. The van der Waals surface area contributed by atoms with Crippen LogP contribution in [0.25, 0.3) is 0 Å². The zero-order valence-electron chi connectivity index (χ0n) is 14.0. The monoisotopic (exact) mass is 372 g/mol. The van der Waals surface area contributed by atoms with Crippen LogP contribution in [0.1, 0.15) is 43.6 Å². The Morgan fingerprint density at radius 3 is 2.32 bits per heavy atom. The Labute approximate surface area is 146 Å².